The van der Waals surface area contributed by atoms with Gasteiger partial charge in [0.2, 0.25) is 11.8 Å². The van der Waals surface area contributed by atoms with E-state index in [1.54, 1.807) is 0 Å². The van der Waals surface area contributed by atoms with Crippen molar-refractivity contribution in [1.82, 2.24) is 9.80 Å². The molecule has 0 spiro atoms. The lowest BCUT2D eigenvalue weighted by Gasteiger charge is -2.23. The number of hydrogen-bond acceptors (Lipinski definition) is 3. The molecule has 0 N–H and O–H groups in total. The average Bonchev–Trinajstić information content (AvgIpc) is 2.71. The van der Waals surface area contributed by atoms with Gasteiger partial charge in [-0.05, 0) is 32.0 Å². The molecule has 0 aliphatic carbocycles. The lowest BCUT2D eigenvalue weighted by molar-refractivity contribution is -0.140. The monoisotopic (exact) mass is 302 g/mol. The first-order valence-corrected chi connectivity index (χ1v) is 8.02. The summed E-state index contributed by atoms with van der Waals surface area (Å²) in [6.45, 7) is 5.17. The number of amides is 2. The van der Waals surface area contributed by atoms with Crippen LogP contribution in [0.1, 0.15) is 31.7 Å². The van der Waals surface area contributed by atoms with E-state index in [9.17, 15) is 9.59 Å². The van der Waals surface area contributed by atoms with Crippen LogP contribution in [0.25, 0.3) is 0 Å². The third-order valence-corrected chi connectivity index (χ3v) is 4.62. The summed E-state index contributed by atoms with van der Waals surface area (Å²) in [4.78, 5) is 28.7. The molecule has 1 aliphatic heterocycles. The van der Waals surface area contributed by atoms with Crippen molar-refractivity contribution in [3.05, 3.63) is 35.9 Å². The quantitative estimate of drug-likeness (QED) is 0.758. The van der Waals surface area contributed by atoms with Gasteiger partial charge in [-0.2, -0.15) is 0 Å². The normalized spacial score (nSPS) is 23.4. The molecule has 1 fully saturated rings. The molecule has 2 rings (SSSR count). The fourth-order valence-corrected chi connectivity index (χ4v) is 3.34. The minimum Gasteiger partial charge on any atom is -0.308 e. The van der Waals surface area contributed by atoms with Gasteiger partial charge in [0.1, 0.15) is 0 Å². The van der Waals surface area contributed by atoms with Crippen LogP contribution in [0, 0.1) is 11.8 Å². The minimum absolute atomic E-state index is 0.00458. The van der Waals surface area contributed by atoms with E-state index in [1.165, 1.54) is 4.90 Å². The molecule has 1 aromatic rings. The van der Waals surface area contributed by atoms with Crippen LogP contribution >= 0.6 is 0 Å². The molecule has 0 saturated carbocycles. The molecule has 1 heterocycles. The number of nitrogens with zero attached hydrogens (tertiary/aromatic N) is 2. The molecule has 3 unspecified atom stereocenters. The van der Waals surface area contributed by atoms with Gasteiger partial charge in [-0.1, -0.05) is 44.2 Å². The van der Waals surface area contributed by atoms with Gasteiger partial charge in [0.05, 0.1) is 5.92 Å². The van der Waals surface area contributed by atoms with E-state index in [2.05, 4.69) is 19.1 Å². The Morgan fingerprint density at radius 1 is 1.14 bits per heavy atom. The number of carbonyl (C=O) groups excluding carboxylic acids is 2. The van der Waals surface area contributed by atoms with Gasteiger partial charge in [-0.25, -0.2) is 0 Å². The summed E-state index contributed by atoms with van der Waals surface area (Å²) in [5, 5.41) is 0. The number of benzene rings is 1. The van der Waals surface area contributed by atoms with Gasteiger partial charge in [-0.3, -0.25) is 14.5 Å². The number of likely N-dealkylation sites (tertiary alicyclic amines) is 1. The zero-order valence-corrected chi connectivity index (χ0v) is 14.0. The lowest BCUT2D eigenvalue weighted by atomic mass is 9.78. The van der Waals surface area contributed by atoms with Crippen molar-refractivity contribution >= 4 is 11.8 Å². The topological polar surface area (TPSA) is 40.6 Å². The second kappa shape index (κ2) is 7.05. The van der Waals surface area contributed by atoms with Gasteiger partial charge in [0, 0.05) is 19.0 Å². The van der Waals surface area contributed by atoms with E-state index < -0.39 is 0 Å². The molecule has 120 valence electrons. The molecule has 1 saturated heterocycles. The summed E-state index contributed by atoms with van der Waals surface area (Å²) in [6.07, 6.45) is 0.861. The zero-order chi connectivity index (χ0) is 16.3. The van der Waals surface area contributed by atoms with Crippen LogP contribution in [-0.2, 0) is 9.59 Å². The molecular formula is C18H26N2O2. The Kier molecular flexibility index (Phi) is 5.35. The van der Waals surface area contributed by atoms with Crippen LogP contribution in [0.15, 0.2) is 30.3 Å². The van der Waals surface area contributed by atoms with E-state index in [0.717, 1.165) is 12.0 Å². The molecule has 2 amide bonds. The van der Waals surface area contributed by atoms with Crippen LogP contribution in [0.2, 0.25) is 0 Å². The standard InChI is InChI=1S/C18H26N2O2/c1-5-15(14-9-7-6-8-10-14)16-13(2)17(21)20(18(16)22)12-11-19(3)4/h6-10,13,15-16H,5,11-12H2,1-4H3. The molecule has 0 radical (unpaired) electrons. The fourth-order valence-electron chi connectivity index (χ4n) is 3.34. The first kappa shape index (κ1) is 16.7. The molecule has 0 aromatic heterocycles. The number of likely N-dealkylation sites (N-methyl/N-ethyl adjacent to an activating group) is 1. The van der Waals surface area contributed by atoms with Crippen LogP contribution in [0.4, 0.5) is 0 Å². The molecular weight excluding hydrogens is 276 g/mol. The maximum atomic E-state index is 12.8. The second-order valence-electron chi connectivity index (χ2n) is 6.37. The number of hydrogen-bond donors (Lipinski definition) is 0. The zero-order valence-electron chi connectivity index (χ0n) is 14.0. The van der Waals surface area contributed by atoms with Crippen molar-refractivity contribution < 1.29 is 9.59 Å². The Morgan fingerprint density at radius 2 is 1.77 bits per heavy atom. The molecule has 1 aromatic carbocycles. The van der Waals surface area contributed by atoms with Crippen molar-refractivity contribution in [2.24, 2.45) is 11.8 Å². The Hall–Kier alpha value is -1.68. The Labute approximate surface area is 133 Å². The highest BCUT2D eigenvalue weighted by atomic mass is 16.2. The van der Waals surface area contributed by atoms with E-state index in [4.69, 9.17) is 0 Å². The van der Waals surface area contributed by atoms with Gasteiger partial charge in [0.25, 0.3) is 0 Å². The van der Waals surface area contributed by atoms with Gasteiger partial charge < -0.3 is 4.90 Å². The van der Waals surface area contributed by atoms with Gasteiger partial charge in [0.15, 0.2) is 0 Å². The van der Waals surface area contributed by atoms with Crippen molar-refractivity contribution in [3.8, 4) is 0 Å². The van der Waals surface area contributed by atoms with Gasteiger partial charge >= 0.3 is 0 Å². The molecule has 0 bridgehead atoms. The van der Waals surface area contributed by atoms with E-state index in [-0.39, 0.29) is 29.6 Å². The molecule has 22 heavy (non-hydrogen) atoms. The SMILES string of the molecule is CCC(c1ccccc1)C1C(=O)N(CCN(C)C)C(=O)C1C. The van der Waals surface area contributed by atoms with Crippen molar-refractivity contribution in [2.75, 3.05) is 27.2 Å². The molecule has 3 atom stereocenters. The highest BCUT2D eigenvalue weighted by Crippen LogP contribution is 2.39. The highest BCUT2D eigenvalue weighted by Gasteiger charge is 2.48. The number of rotatable bonds is 6. The van der Waals surface area contributed by atoms with Crippen LogP contribution in [-0.4, -0.2) is 48.8 Å². The fraction of sp³-hybridized carbons (Fsp3) is 0.556. The van der Waals surface area contributed by atoms with Crippen molar-refractivity contribution in [1.29, 1.82) is 0 Å². The Bertz CT molecular complexity index is 527. The summed E-state index contributed by atoms with van der Waals surface area (Å²) in [5.41, 5.74) is 1.15. The van der Waals surface area contributed by atoms with Crippen LogP contribution in [0.5, 0.6) is 0 Å². The van der Waals surface area contributed by atoms with Crippen molar-refractivity contribution in [2.45, 2.75) is 26.2 Å². The lowest BCUT2D eigenvalue weighted by Crippen LogP contribution is -2.37. The van der Waals surface area contributed by atoms with E-state index in [1.807, 2.05) is 44.1 Å². The summed E-state index contributed by atoms with van der Waals surface area (Å²) < 4.78 is 0. The predicted molar refractivity (Wildman–Crippen MR) is 87.4 cm³/mol. The molecule has 4 heteroatoms. The third-order valence-electron chi connectivity index (χ3n) is 4.62. The summed E-state index contributed by atoms with van der Waals surface area (Å²) in [7, 11) is 3.90. The maximum absolute atomic E-state index is 12.8. The Morgan fingerprint density at radius 3 is 2.32 bits per heavy atom. The summed E-state index contributed by atoms with van der Waals surface area (Å²) in [5.74, 6) is -0.389. The number of imide groups is 1. The molecule has 1 aliphatic rings. The average molecular weight is 302 g/mol. The van der Waals surface area contributed by atoms with Crippen molar-refractivity contribution in [3.63, 3.8) is 0 Å². The van der Waals surface area contributed by atoms with Crippen LogP contribution < -0.4 is 0 Å². The number of carbonyl (C=O) groups is 2. The maximum Gasteiger partial charge on any atom is 0.233 e. The highest BCUT2D eigenvalue weighted by molar-refractivity contribution is 6.05. The minimum atomic E-state index is -0.236. The Balaban J connectivity index is 2.23. The summed E-state index contributed by atoms with van der Waals surface area (Å²) in [6, 6.07) is 10.1. The predicted octanol–water partition coefficient (Wildman–Crippen LogP) is 2.36. The first-order chi connectivity index (χ1) is 10.5. The third kappa shape index (κ3) is 3.22. The smallest absolute Gasteiger partial charge is 0.233 e. The van der Waals surface area contributed by atoms with Gasteiger partial charge in [-0.15, -0.1) is 0 Å². The van der Waals surface area contributed by atoms with E-state index >= 15 is 0 Å². The largest absolute Gasteiger partial charge is 0.308 e. The van der Waals surface area contributed by atoms with Crippen LogP contribution in [0.3, 0.4) is 0 Å². The summed E-state index contributed by atoms with van der Waals surface area (Å²) >= 11 is 0. The molecule has 4 nitrogen and oxygen atoms in total. The first-order valence-electron chi connectivity index (χ1n) is 8.02. The second-order valence-corrected chi connectivity index (χ2v) is 6.37. The van der Waals surface area contributed by atoms with E-state index in [0.29, 0.717) is 13.1 Å².